The summed E-state index contributed by atoms with van der Waals surface area (Å²) in [6.45, 7) is 2.71. The fraction of sp³-hybridized carbons (Fsp3) is 0.367. The average Bonchev–Trinajstić information content (AvgIpc) is 3.41. The lowest BCUT2D eigenvalue weighted by molar-refractivity contribution is -0.145. The number of esters is 1. The first kappa shape index (κ1) is 24.0. The molecule has 1 N–H and O–H groups in total. The molecule has 36 heavy (non-hydrogen) atoms. The Hall–Kier alpha value is -3.67. The highest BCUT2D eigenvalue weighted by Gasteiger charge is 2.61. The molecule has 1 amide bonds. The van der Waals surface area contributed by atoms with E-state index in [1.807, 2.05) is 61.5 Å². The second-order valence-electron chi connectivity index (χ2n) is 9.69. The van der Waals surface area contributed by atoms with Gasteiger partial charge in [-0.1, -0.05) is 30.3 Å². The van der Waals surface area contributed by atoms with E-state index in [2.05, 4.69) is 5.32 Å². The zero-order valence-corrected chi connectivity index (χ0v) is 20.4. The third kappa shape index (κ3) is 5.27. The fourth-order valence-corrected chi connectivity index (χ4v) is 5.42. The molecular weight excluding hydrogens is 454 g/mol. The zero-order chi connectivity index (χ0) is 25.1. The van der Waals surface area contributed by atoms with Gasteiger partial charge in [0, 0.05) is 24.1 Å². The van der Waals surface area contributed by atoms with Crippen molar-refractivity contribution >= 4 is 28.4 Å². The average molecular weight is 486 g/mol. The third-order valence-corrected chi connectivity index (χ3v) is 7.32. The Labute approximate surface area is 211 Å². The monoisotopic (exact) mass is 485 g/mol. The van der Waals surface area contributed by atoms with Crippen molar-refractivity contribution in [2.75, 3.05) is 13.2 Å². The largest absolute Gasteiger partial charge is 0.490 e. The van der Waals surface area contributed by atoms with Gasteiger partial charge in [-0.2, -0.15) is 0 Å². The van der Waals surface area contributed by atoms with E-state index in [1.54, 1.807) is 12.1 Å². The summed E-state index contributed by atoms with van der Waals surface area (Å²) in [5.74, 6) is 1.42. The molecule has 3 aromatic rings. The molecule has 2 saturated carbocycles. The summed E-state index contributed by atoms with van der Waals surface area (Å²) in [4.78, 5) is 36.9. The molecule has 5 rings (SSSR count). The van der Waals surface area contributed by atoms with Gasteiger partial charge >= 0.3 is 5.97 Å². The lowest BCUT2D eigenvalue weighted by Gasteiger charge is -2.17. The molecule has 2 unspecified atom stereocenters. The topological polar surface area (TPSA) is 81.7 Å². The van der Waals surface area contributed by atoms with Crippen molar-refractivity contribution < 1.29 is 23.9 Å². The molecule has 186 valence electrons. The summed E-state index contributed by atoms with van der Waals surface area (Å²) in [5.41, 5.74) is 1.26. The number of Topliss-reactive ketones (excluding diaryl/α,β-unsaturated/α-hetero) is 1. The first-order chi connectivity index (χ1) is 17.5. The first-order valence-corrected chi connectivity index (χ1v) is 12.8. The molecule has 0 bridgehead atoms. The predicted molar refractivity (Wildman–Crippen MR) is 137 cm³/mol. The highest BCUT2D eigenvalue weighted by atomic mass is 16.5. The summed E-state index contributed by atoms with van der Waals surface area (Å²) in [6, 6.07) is 20.8. The van der Waals surface area contributed by atoms with Gasteiger partial charge in [0.2, 0.25) is 0 Å². The molecule has 2 aliphatic rings. The molecule has 0 heterocycles. The van der Waals surface area contributed by atoms with Gasteiger partial charge in [-0.05, 0) is 85.2 Å². The standard InChI is InChI=1S/C30H31NO5/c1-2-35-30(34)28-25-17-24(18-26(25)28)36-23-13-11-20(12-14-23)27(32)8-5-15-31-29(33)22-10-9-19-6-3-4-7-21(19)16-22/h3-4,6-7,9-14,16,24-26,28H,2,5,8,15,17-18H2,1H3,(H,31,33). The van der Waals surface area contributed by atoms with Crippen LogP contribution in [0.1, 0.15) is 53.3 Å². The van der Waals surface area contributed by atoms with E-state index >= 15 is 0 Å². The number of carbonyl (C=O) groups is 3. The van der Waals surface area contributed by atoms with Gasteiger partial charge in [-0.25, -0.2) is 0 Å². The van der Waals surface area contributed by atoms with E-state index in [1.165, 1.54) is 0 Å². The number of hydrogen-bond donors (Lipinski definition) is 1. The van der Waals surface area contributed by atoms with Crippen LogP contribution >= 0.6 is 0 Å². The maximum atomic E-state index is 12.6. The summed E-state index contributed by atoms with van der Waals surface area (Å²) < 4.78 is 11.2. The summed E-state index contributed by atoms with van der Waals surface area (Å²) in [5, 5.41) is 5.03. The van der Waals surface area contributed by atoms with Crippen molar-refractivity contribution in [3.05, 3.63) is 77.9 Å². The van der Waals surface area contributed by atoms with Gasteiger partial charge in [0.05, 0.1) is 18.6 Å². The van der Waals surface area contributed by atoms with Crippen LogP contribution in [0.2, 0.25) is 0 Å². The van der Waals surface area contributed by atoms with Gasteiger partial charge in [-0.3, -0.25) is 14.4 Å². The van der Waals surface area contributed by atoms with Gasteiger partial charge in [0.15, 0.2) is 5.78 Å². The van der Waals surface area contributed by atoms with E-state index in [0.717, 1.165) is 29.4 Å². The molecule has 3 aromatic carbocycles. The smallest absolute Gasteiger partial charge is 0.309 e. The Morgan fingerprint density at radius 1 is 0.889 bits per heavy atom. The Kier molecular flexibility index (Phi) is 7.03. The zero-order valence-electron chi connectivity index (χ0n) is 20.4. The van der Waals surface area contributed by atoms with Crippen LogP contribution in [0.3, 0.4) is 0 Å². The number of ketones is 1. The Bertz CT molecular complexity index is 1260. The Balaban J connectivity index is 1.03. The molecule has 2 aliphatic carbocycles. The highest BCUT2D eigenvalue weighted by molar-refractivity contribution is 5.99. The van der Waals surface area contributed by atoms with Gasteiger partial charge < -0.3 is 14.8 Å². The highest BCUT2D eigenvalue weighted by Crippen LogP contribution is 2.58. The lowest BCUT2D eigenvalue weighted by Crippen LogP contribution is -2.24. The number of carbonyl (C=O) groups excluding carboxylic acids is 3. The summed E-state index contributed by atoms with van der Waals surface area (Å²) in [6.07, 6.45) is 2.79. The molecule has 6 heteroatoms. The van der Waals surface area contributed by atoms with Crippen LogP contribution in [0.4, 0.5) is 0 Å². The predicted octanol–water partition coefficient (Wildman–Crippen LogP) is 5.20. The van der Waals surface area contributed by atoms with Crippen LogP contribution in [-0.2, 0) is 9.53 Å². The van der Waals surface area contributed by atoms with Crippen molar-refractivity contribution in [3.63, 3.8) is 0 Å². The quantitative estimate of drug-likeness (QED) is 0.243. The maximum Gasteiger partial charge on any atom is 0.309 e. The second-order valence-corrected chi connectivity index (χ2v) is 9.69. The summed E-state index contributed by atoms with van der Waals surface area (Å²) in [7, 11) is 0. The van der Waals surface area contributed by atoms with Crippen molar-refractivity contribution in [1.82, 2.24) is 5.32 Å². The number of amides is 1. The van der Waals surface area contributed by atoms with Crippen LogP contribution < -0.4 is 10.1 Å². The van der Waals surface area contributed by atoms with Crippen LogP contribution in [0.15, 0.2) is 66.7 Å². The molecule has 6 nitrogen and oxygen atoms in total. The Morgan fingerprint density at radius 2 is 1.58 bits per heavy atom. The van der Waals surface area contributed by atoms with Gasteiger partial charge in [0.25, 0.3) is 5.91 Å². The van der Waals surface area contributed by atoms with Crippen molar-refractivity contribution in [3.8, 4) is 5.75 Å². The molecule has 2 atom stereocenters. The van der Waals surface area contributed by atoms with Crippen molar-refractivity contribution in [2.24, 2.45) is 17.8 Å². The maximum absolute atomic E-state index is 12.6. The van der Waals surface area contributed by atoms with E-state index in [0.29, 0.717) is 49.0 Å². The SMILES string of the molecule is CCOC(=O)C1C2CC(Oc3ccc(C(=O)CCCNC(=O)c4ccc5ccccc5c4)cc3)CC21. The minimum absolute atomic E-state index is 0.0425. The second kappa shape index (κ2) is 10.5. The molecular formula is C30H31NO5. The molecule has 0 spiro atoms. The van der Waals surface area contributed by atoms with Crippen LogP contribution in [0.5, 0.6) is 5.75 Å². The lowest BCUT2D eigenvalue weighted by atomic mass is 10.1. The van der Waals surface area contributed by atoms with Crippen LogP contribution in [0, 0.1) is 17.8 Å². The normalized spacial score (nSPS) is 22.0. The number of fused-ring (bicyclic) bond motifs is 2. The molecule has 0 aliphatic heterocycles. The molecule has 2 fully saturated rings. The minimum Gasteiger partial charge on any atom is -0.490 e. The fourth-order valence-electron chi connectivity index (χ4n) is 5.42. The molecule has 0 saturated heterocycles. The minimum atomic E-state index is -0.132. The van der Waals surface area contributed by atoms with E-state index in [4.69, 9.17) is 9.47 Å². The first-order valence-electron chi connectivity index (χ1n) is 12.8. The van der Waals surface area contributed by atoms with Gasteiger partial charge in [0.1, 0.15) is 5.75 Å². The van der Waals surface area contributed by atoms with Crippen molar-refractivity contribution in [1.29, 1.82) is 0 Å². The number of rotatable bonds is 10. The number of hydrogen-bond acceptors (Lipinski definition) is 5. The number of benzene rings is 3. The van der Waals surface area contributed by atoms with Gasteiger partial charge in [-0.15, -0.1) is 0 Å². The Morgan fingerprint density at radius 3 is 2.31 bits per heavy atom. The number of nitrogens with one attached hydrogen (secondary N) is 1. The van der Waals surface area contributed by atoms with E-state index in [-0.39, 0.29) is 29.7 Å². The van der Waals surface area contributed by atoms with E-state index < -0.39 is 0 Å². The van der Waals surface area contributed by atoms with Crippen LogP contribution in [0.25, 0.3) is 10.8 Å². The molecule has 0 aromatic heterocycles. The van der Waals surface area contributed by atoms with Crippen LogP contribution in [-0.4, -0.2) is 36.9 Å². The van der Waals surface area contributed by atoms with E-state index in [9.17, 15) is 14.4 Å². The number of ether oxygens (including phenoxy) is 2. The third-order valence-electron chi connectivity index (χ3n) is 7.32. The molecule has 0 radical (unpaired) electrons. The summed E-state index contributed by atoms with van der Waals surface area (Å²) >= 11 is 0. The van der Waals surface area contributed by atoms with Crippen molar-refractivity contribution in [2.45, 2.75) is 38.7 Å².